The number of phenols is 1. The van der Waals surface area contributed by atoms with Crippen molar-refractivity contribution in [1.82, 2.24) is 4.90 Å². The summed E-state index contributed by atoms with van der Waals surface area (Å²) in [5, 5.41) is 9.89. The van der Waals surface area contributed by atoms with Gasteiger partial charge in [0.1, 0.15) is 18.1 Å². The average Bonchev–Trinajstić information content (AvgIpc) is 2.88. The van der Waals surface area contributed by atoms with Crippen molar-refractivity contribution in [2.24, 2.45) is 0 Å². The summed E-state index contributed by atoms with van der Waals surface area (Å²) in [6, 6.07) is 18.3. The molecule has 0 amide bonds. The van der Waals surface area contributed by atoms with E-state index in [0.29, 0.717) is 18.3 Å². The van der Waals surface area contributed by atoms with Crippen LogP contribution in [0.15, 0.2) is 54.6 Å². The molecule has 1 N–H and O–H groups in total. The number of anilines is 1. The Morgan fingerprint density at radius 1 is 0.889 bits per heavy atom. The van der Waals surface area contributed by atoms with E-state index in [1.54, 1.807) is 20.3 Å². The molecule has 0 spiro atoms. The normalized spacial score (nSPS) is 14.9. The van der Waals surface area contributed by atoms with Gasteiger partial charge in [-0.25, -0.2) is 0 Å². The maximum absolute atomic E-state index is 9.89. The lowest BCUT2D eigenvalue weighted by Gasteiger charge is -2.31. The van der Waals surface area contributed by atoms with Gasteiger partial charge in [0.05, 0.1) is 14.2 Å². The van der Waals surface area contributed by atoms with Crippen LogP contribution in [0.3, 0.4) is 0 Å². The van der Waals surface area contributed by atoms with E-state index in [-0.39, 0.29) is 0 Å². The van der Waals surface area contributed by atoms with Gasteiger partial charge in [-0.2, -0.15) is 0 Å². The van der Waals surface area contributed by atoms with Gasteiger partial charge in [-0.05, 0) is 91.9 Å². The number of ether oxygens (including phenoxy) is 3. The minimum Gasteiger partial charge on any atom is -0.508 e. The molecule has 6 nitrogen and oxygen atoms in total. The highest BCUT2D eigenvalue weighted by Gasteiger charge is 2.26. The highest BCUT2D eigenvalue weighted by molar-refractivity contribution is 5.64. The van der Waals surface area contributed by atoms with Gasteiger partial charge >= 0.3 is 0 Å². The molecule has 3 aromatic rings. The van der Waals surface area contributed by atoms with Crippen LogP contribution in [0.2, 0.25) is 0 Å². The second kappa shape index (κ2) is 11.6. The number of aromatic hydroxyl groups is 1. The third-order valence-electron chi connectivity index (χ3n) is 6.95. The van der Waals surface area contributed by atoms with Gasteiger partial charge in [-0.3, -0.25) is 0 Å². The van der Waals surface area contributed by atoms with Gasteiger partial charge in [-0.15, -0.1) is 0 Å². The number of hydrogen-bond acceptors (Lipinski definition) is 6. The highest BCUT2D eigenvalue weighted by Crippen LogP contribution is 2.43. The van der Waals surface area contributed by atoms with Crippen LogP contribution in [0.5, 0.6) is 23.0 Å². The van der Waals surface area contributed by atoms with Crippen molar-refractivity contribution in [3.8, 4) is 23.0 Å². The molecule has 1 atom stereocenters. The van der Waals surface area contributed by atoms with Gasteiger partial charge in [0.15, 0.2) is 11.5 Å². The fourth-order valence-corrected chi connectivity index (χ4v) is 4.94. The first kappa shape index (κ1) is 25.7. The molecular formula is C30H38N2O4. The van der Waals surface area contributed by atoms with Crippen molar-refractivity contribution in [1.29, 1.82) is 0 Å². The number of hydrogen-bond donors (Lipinski definition) is 1. The summed E-state index contributed by atoms with van der Waals surface area (Å²) in [7, 11) is 9.58. The predicted octanol–water partition coefficient (Wildman–Crippen LogP) is 5.26. The van der Waals surface area contributed by atoms with Crippen molar-refractivity contribution in [2.45, 2.75) is 31.7 Å². The van der Waals surface area contributed by atoms with E-state index < -0.39 is 0 Å². The predicted molar refractivity (Wildman–Crippen MR) is 145 cm³/mol. The summed E-state index contributed by atoms with van der Waals surface area (Å²) < 4.78 is 17.2. The summed E-state index contributed by atoms with van der Waals surface area (Å²) in [6.07, 6.45) is 2.90. The number of nitrogens with zero attached hydrogens (tertiary/aromatic N) is 2. The summed E-state index contributed by atoms with van der Waals surface area (Å²) >= 11 is 0. The molecule has 3 aromatic carbocycles. The molecule has 1 aliphatic carbocycles. The monoisotopic (exact) mass is 490 g/mol. The smallest absolute Gasteiger partial charge is 0.162 e. The summed E-state index contributed by atoms with van der Waals surface area (Å²) in [5.41, 5.74) is 6.16. The van der Waals surface area contributed by atoms with Crippen LogP contribution in [0.4, 0.5) is 5.69 Å². The van der Waals surface area contributed by atoms with E-state index in [1.165, 1.54) is 22.3 Å². The van der Waals surface area contributed by atoms with Gasteiger partial charge < -0.3 is 29.1 Å². The average molecular weight is 491 g/mol. The number of benzene rings is 3. The molecule has 0 fully saturated rings. The zero-order valence-electron chi connectivity index (χ0n) is 22.1. The zero-order chi connectivity index (χ0) is 25.7. The lowest BCUT2D eigenvalue weighted by atomic mass is 9.79. The van der Waals surface area contributed by atoms with Crippen molar-refractivity contribution >= 4 is 5.69 Å². The Morgan fingerprint density at radius 3 is 2.31 bits per heavy atom. The molecule has 0 radical (unpaired) electrons. The summed E-state index contributed by atoms with van der Waals surface area (Å²) in [5.74, 6) is 3.07. The number of rotatable bonds is 10. The minimum atomic E-state index is 0.341. The molecule has 0 heterocycles. The number of phenolic OH excluding ortho intramolecular Hbond substituents is 1. The van der Waals surface area contributed by atoms with Crippen LogP contribution in [0, 0.1) is 0 Å². The topological polar surface area (TPSA) is 54.4 Å². The van der Waals surface area contributed by atoms with E-state index in [2.05, 4.69) is 47.2 Å². The molecule has 4 rings (SSSR count). The Kier molecular flexibility index (Phi) is 8.26. The fraction of sp³-hybridized carbons (Fsp3) is 0.400. The molecule has 0 aliphatic heterocycles. The third kappa shape index (κ3) is 6.05. The van der Waals surface area contributed by atoms with Crippen molar-refractivity contribution in [3.05, 3.63) is 76.9 Å². The van der Waals surface area contributed by atoms with Crippen LogP contribution in [-0.2, 0) is 19.4 Å². The molecule has 0 saturated carbocycles. The highest BCUT2D eigenvalue weighted by atomic mass is 16.5. The Bertz CT molecular complexity index is 1160. The molecule has 0 unspecified atom stereocenters. The molecule has 1 aliphatic rings. The molecule has 0 saturated heterocycles. The first-order valence-electron chi connectivity index (χ1n) is 12.5. The summed E-state index contributed by atoms with van der Waals surface area (Å²) in [6.45, 7) is 2.32. The van der Waals surface area contributed by atoms with E-state index >= 15 is 0 Å². The Balaban J connectivity index is 1.56. The minimum absolute atomic E-state index is 0.341. The molecular weight excluding hydrogens is 452 g/mol. The molecule has 6 heteroatoms. The van der Waals surface area contributed by atoms with Gasteiger partial charge in [-0.1, -0.05) is 18.2 Å². The van der Waals surface area contributed by atoms with E-state index in [1.807, 2.05) is 32.3 Å². The number of likely N-dealkylation sites (N-methyl/N-ethyl adjacent to an activating group) is 1. The maximum Gasteiger partial charge on any atom is 0.162 e. The Labute approximate surface area is 215 Å². The zero-order valence-corrected chi connectivity index (χ0v) is 22.1. The fourth-order valence-electron chi connectivity index (χ4n) is 4.94. The maximum atomic E-state index is 9.89. The molecule has 0 aromatic heterocycles. The van der Waals surface area contributed by atoms with Crippen molar-refractivity contribution in [2.75, 3.05) is 53.4 Å². The van der Waals surface area contributed by atoms with E-state index in [9.17, 15) is 5.11 Å². The lowest BCUT2D eigenvalue weighted by Crippen LogP contribution is -2.21. The van der Waals surface area contributed by atoms with Crippen LogP contribution in [0.25, 0.3) is 0 Å². The molecule has 0 bridgehead atoms. The van der Waals surface area contributed by atoms with Gasteiger partial charge in [0, 0.05) is 31.9 Å². The Hall–Kier alpha value is -3.38. The molecule has 36 heavy (non-hydrogen) atoms. The van der Waals surface area contributed by atoms with Crippen molar-refractivity contribution < 1.29 is 19.3 Å². The number of fused-ring (bicyclic) bond motifs is 1. The number of aryl methyl sites for hydroxylation is 1. The standard InChI is InChI=1S/C30H38N2O4/c1-31(2)14-15-36-26-12-6-21(7-13-26)20-32(3)28-19-30(35-5)29(34-4)18-27(28)24-9-8-23-17-25(33)11-10-22(23)16-24/h6-7,10-13,17-19,24,33H,8-9,14-16,20H2,1-5H3/t24-/m1/s1. The van der Waals surface area contributed by atoms with E-state index in [4.69, 9.17) is 14.2 Å². The van der Waals surface area contributed by atoms with Crippen LogP contribution in [-0.4, -0.2) is 58.5 Å². The second-order valence-electron chi connectivity index (χ2n) is 9.81. The lowest BCUT2D eigenvalue weighted by molar-refractivity contribution is 0.261. The largest absolute Gasteiger partial charge is 0.508 e. The van der Waals surface area contributed by atoms with Crippen LogP contribution >= 0.6 is 0 Å². The van der Waals surface area contributed by atoms with Crippen LogP contribution < -0.4 is 19.1 Å². The quantitative estimate of drug-likeness (QED) is 0.419. The van der Waals surface area contributed by atoms with Crippen LogP contribution in [0.1, 0.15) is 34.6 Å². The van der Waals surface area contributed by atoms with Gasteiger partial charge in [0.25, 0.3) is 0 Å². The Morgan fingerprint density at radius 2 is 1.61 bits per heavy atom. The second-order valence-corrected chi connectivity index (χ2v) is 9.81. The SMILES string of the molecule is COc1cc([C@@H]2CCc3cc(O)ccc3C2)c(N(C)Cc2ccc(OCCN(C)C)cc2)cc1OC. The molecule has 192 valence electrons. The first-order chi connectivity index (χ1) is 17.4. The number of methoxy groups -OCH3 is 2. The van der Waals surface area contributed by atoms with E-state index in [0.717, 1.165) is 55.3 Å². The van der Waals surface area contributed by atoms with Gasteiger partial charge in [0.2, 0.25) is 0 Å². The van der Waals surface area contributed by atoms with Crippen molar-refractivity contribution in [3.63, 3.8) is 0 Å². The first-order valence-corrected chi connectivity index (χ1v) is 12.5. The summed E-state index contributed by atoms with van der Waals surface area (Å²) in [4.78, 5) is 4.39. The third-order valence-corrected chi connectivity index (χ3v) is 6.95.